The maximum absolute atomic E-state index is 11.0. The molecule has 0 spiro atoms. The van der Waals surface area contributed by atoms with Crippen LogP contribution in [0.3, 0.4) is 0 Å². The minimum atomic E-state index is -0.685. The average Bonchev–Trinajstić information content (AvgIpc) is 2.36. The van der Waals surface area contributed by atoms with E-state index >= 15 is 0 Å². The van der Waals surface area contributed by atoms with Crippen molar-refractivity contribution < 1.29 is 9.59 Å². The molecule has 1 saturated heterocycles. The van der Waals surface area contributed by atoms with Crippen LogP contribution in [0.2, 0.25) is 0 Å². The van der Waals surface area contributed by atoms with E-state index in [-0.39, 0.29) is 29.9 Å². The van der Waals surface area contributed by atoms with Crippen molar-refractivity contribution >= 4 is 24.2 Å². The molecule has 6 heteroatoms. The molecule has 5 N–H and O–H groups in total. The Morgan fingerprint density at radius 1 is 1.54 bits per heavy atom. The highest BCUT2D eigenvalue weighted by molar-refractivity contribution is 5.92. The fraction of sp³-hybridized carbons (Fsp3) is 0.429. The van der Waals surface area contributed by atoms with Crippen molar-refractivity contribution in [3.8, 4) is 0 Å². The fourth-order valence-corrected chi connectivity index (χ4v) is 1.07. The number of carbonyl (C=O) groups excluding carboxylic acids is 2. The Bertz CT molecular complexity index is 252. The van der Waals surface area contributed by atoms with Gasteiger partial charge in [-0.1, -0.05) is 0 Å². The first-order valence-electron chi connectivity index (χ1n) is 3.66. The molecular formula is C7H12ClN3O2. The number of nitrogens with one attached hydrogen (secondary N) is 1. The highest BCUT2D eigenvalue weighted by Gasteiger charge is 2.22. The van der Waals surface area contributed by atoms with Crippen LogP contribution in [0.1, 0.15) is 6.42 Å². The number of hydrogen-bond donors (Lipinski definition) is 3. The Labute approximate surface area is 81.9 Å². The summed E-state index contributed by atoms with van der Waals surface area (Å²) in [6.07, 6.45) is 2.08. The molecule has 0 bridgehead atoms. The van der Waals surface area contributed by atoms with Crippen molar-refractivity contribution in [2.24, 2.45) is 17.4 Å². The van der Waals surface area contributed by atoms with Crippen molar-refractivity contribution in [2.75, 3.05) is 6.54 Å². The molecule has 0 aliphatic carbocycles. The predicted octanol–water partition coefficient (Wildman–Crippen LogP) is -1.13. The first-order valence-corrected chi connectivity index (χ1v) is 3.66. The van der Waals surface area contributed by atoms with Crippen LogP contribution in [0.4, 0.5) is 0 Å². The minimum absolute atomic E-state index is 0. The van der Waals surface area contributed by atoms with Crippen molar-refractivity contribution in [3.63, 3.8) is 0 Å². The van der Waals surface area contributed by atoms with Gasteiger partial charge in [0.25, 0.3) is 5.91 Å². The van der Waals surface area contributed by atoms with E-state index in [4.69, 9.17) is 11.5 Å². The summed E-state index contributed by atoms with van der Waals surface area (Å²) in [6, 6.07) is 0. The lowest BCUT2D eigenvalue weighted by molar-refractivity contribution is -0.121. The maximum Gasteiger partial charge on any atom is 0.264 e. The van der Waals surface area contributed by atoms with Gasteiger partial charge >= 0.3 is 0 Å². The molecule has 13 heavy (non-hydrogen) atoms. The topological polar surface area (TPSA) is 98.2 Å². The Hall–Kier alpha value is -1.23. The number of primary amides is 1. The zero-order valence-electron chi connectivity index (χ0n) is 6.95. The van der Waals surface area contributed by atoms with Gasteiger partial charge < -0.3 is 16.8 Å². The van der Waals surface area contributed by atoms with Gasteiger partial charge in [0, 0.05) is 6.54 Å². The summed E-state index contributed by atoms with van der Waals surface area (Å²) in [6.45, 7) is 0.631. The SMILES string of the molecule is Cl.NC(=O)/C(N)=C/[C@@H]1CCNC1=O. The number of halogens is 1. The highest BCUT2D eigenvalue weighted by atomic mass is 35.5. The Morgan fingerprint density at radius 3 is 2.54 bits per heavy atom. The van der Waals surface area contributed by atoms with Crippen LogP contribution in [0.25, 0.3) is 0 Å². The molecule has 0 saturated carbocycles. The lowest BCUT2D eigenvalue weighted by Crippen LogP contribution is -2.23. The molecule has 1 aliphatic rings. The third kappa shape index (κ3) is 2.95. The van der Waals surface area contributed by atoms with Crippen LogP contribution in [-0.2, 0) is 9.59 Å². The number of rotatable bonds is 2. The van der Waals surface area contributed by atoms with E-state index in [1.54, 1.807) is 0 Å². The molecule has 1 fully saturated rings. The third-order valence-electron chi connectivity index (χ3n) is 1.76. The summed E-state index contributed by atoms with van der Waals surface area (Å²) in [5.74, 6) is -1.08. The van der Waals surface area contributed by atoms with E-state index in [0.29, 0.717) is 13.0 Å². The standard InChI is InChI=1S/C7H11N3O2.ClH/c8-5(6(9)11)3-4-1-2-10-7(4)12;/h3-4H,1-2,8H2,(H2,9,11)(H,10,12);1H/b5-3-;/t4-;/m0./s1. The largest absolute Gasteiger partial charge is 0.395 e. The van der Waals surface area contributed by atoms with Crippen molar-refractivity contribution in [3.05, 3.63) is 11.8 Å². The summed E-state index contributed by atoms with van der Waals surface area (Å²) < 4.78 is 0. The zero-order chi connectivity index (χ0) is 9.14. The highest BCUT2D eigenvalue weighted by Crippen LogP contribution is 2.11. The smallest absolute Gasteiger partial charge is 0.264 e. The molecule has 0 aromatic carbocycles. The lowest BCUT2D eigenvalue weighted by atomic mass is 10.1. The second-order valence-corrected chi connectivity index (χ2v) is 2.67. The van der Waals surface area contributed by atoms with E-state index in [9.17, 15) is 9.59 Å². The molecule has 2 amide bonds. The first kappa shape index (κ1) is 11.8. The van der Waals surface area contributed by atoms with E-state index < -0.39 is 5.91 Å². The Balaban J connectivity index is 0.00000144. The van der Waals surface area contributed by atoms with Crippen LogP contribution in [0.15, 0.2) is 11.8 Å². The van der Waals surface area contributed by atoms with Gasteiger partial charge in [0.1, 0.15) is 0 Å². The van der Waals surface area contributed by atoms with Gasteiger partial charge in [0.2, 0.25) is 5.91 Å². The number of carbonyl (C=O) groups is 2. The van der Waals surface area contributed by atoms with Gasteiger partial charge in [-0.05, 0) is 12.5 Å². The molecule has 0 unspecified atom stereocenters. The summed E-state index contributed by atoms with van der Waals surface area (Å²) in [5, 5.41) is 2.62. The van der Waals surface area contributed by atoms with Crippen molar-refractivity contribution in [2.45, 2.75) is 6.42 Å². The maximum atomic E-state index is 11.0. The average molecular weight is 206 g/mol. The van der Waals surface area contributed by atoms with Crippen molar-refractivity contribution in [1.29, 1.82) is 0 Å². The summed E-state index contributed by atoms with van der Waals surface area (Å²) in [4.78, 5) is 21.5. The third-order valence-corrected chi connectivity index (χ3v) is 1.76. The van der Waals surface area contributed by atoms with E-state index in [0.717, 1.165) is 0 Å². The van der Waals surface area contributed by atoms with Crippen molar-refractivity contribution in [1.82, 2.24) is 5.32 Å². The Morgan fingerprint density at radius 2 is 2.15 bits per heavy atom. The molecule has 1 heterocycles. The second-order valence-electron chi connectivity index (χ2n) is 2.67. The normalized spacial score (nSPS) is 22.0. The molecule has 0 radical (unpaired) electrons. The molecule has 1 aliphatic heterocycles. The predicted molar refractivity (Wildman–Crippen MR) is 49.8 cm³/mol. The minimum Gasteiger partial charge on any atom is -0.395 e. The van der Waals surface area contributed by atoms with E-state index in [2.05, 4.69) is 5.32 Å². The molecule has 5 nitrogen and oxygen atoms in total. The number of amides is 2. The Kier molecular flexibility index (Phi) is 4.27. The van der Waals surface area contributed by atoms with Crippen LogP contribution >= 0.6 is 12.4 Å². The monoisotopic (exact) mass is 205 g/mol. The van der Waals surface area contributed by atoms with Gasteiger partial charge in [0.15, 0.2) is 0 Å². The van der Waals surface area contributed by atoms with Crippen LogP contribution in [0.5, 0.6) is 0 Å². The van der Waals surface area contributed by atoms with Gasteiger partial charge in [-0.2, -0.15) is 0 Å². The van der Waals surface area contributed by atoms with Gasteiger partial charge in [0.05, 0.1) is 11.6 Å². The lowest BCUT2D eigenvalue weighted by Gasteiger charge is -1.99. The quantitative estimate of drug-likeness (QED) is 0.498. The molecule has 1 atom stereocenters. The van der Waals surface area contributed by atoms with E-state index in [1.807, 2.05) is 0 Å². The van der Waals surface area contributed by atoms with E-state index in [1.165, 1.54) is 6.08 Å². The molecule has 74 valence electrons. The zero-order valence-corrected chi connectivity index (χ0v) is 7.76. The number of nitrogens with two attached hydrogens (primary N) is 2. The number of hydrogen-bond acceptors (Lipinski definition) is 3. The molecule has 0 aromatic heterocycles. The van der Waals surface area contributed by atoms with Crippen LogP contribution < -0.4 is 16.8 Å². The van der Waals surface area contributed by atoms with Crippen LogP contribution in [0, 0.1) is 5.92 Å². The molecule has 1 rings (SSSR count). The van der Waals surface area contributed by atoms with Gasteiger partial charge in [-0.3, -0.25) is 9.59 Å². The summed E-state index contributed by atoms with van der Waals surface area (Å²) in [5.41, 5.74) is 10.1. The molecule has 0 aromatic rings. The van der Waals surface area contributed by atoms with Crippen LogP contribution in [-0.4, -0.2) is 18.4 Å². The molecular weight excluding hydrogens is 194 g/mol. The van der Waals surface area contributed by atoms with Gasteiger partial charge in [-0.15, -0.1) is 12.4 Å². The summed E-state index contributed by atoms with van der Waals surface area (Å²) >= 11 is 0. The fourth-order valence-electron chi connectivity index (χ4n) is 1.07. The first-order chi connectivity index (χ1) is 5.61. The van der Waals surface area contributed by atoms with Gasteiger partial charge in [-0.25, -0.2) is 0 Å². The summed E-state index contributed by atoms with van der Waals surface area (Å²) in [7, 11) is 0. The second kappa shape index (κ2) is 4.71.